The van der Waals surface area contributed by atoms with Crippen LogP contribution in [0, 0.1) is 17.6 Å². The molecule has 0 spiro atoms. The molecule has 1 atom stereocenters. The van der Waals surface area contributed by atoms with E-state index in [-0.39, 0.29) is 6.54 Å². The smallest absolute Gasteiger partial charge is 0.310 e. The van der Waals surface area contributed by atoms with E-state index < -0.39 is 35.0 Å². The van der Waals surface area contributed by atoms with Crippen LogP contribution in [0.25, 0.3) is 0 Å². The first-order chi connectivity index (χ1) is 9.54. The molecule has 1 saturated heterocycles. The Kier molecular flexibility index (Phi) is 4.32. The van der Waals surface area contributed by atoms with Crippen molar-refractivity contribution in [1.29, 1.82) is 0 Å². The number of esters is 1. The highest BCUT2D eigenvalue weighted by molar-refractivity contribution is 5.95. The highest BCUT2D eigenvalue weighted by atomic mass is 19.1. The molecule has 1 fully saturated rings. The van der Waals surface area contributed by atoms with Crippen LogP contribution in [0.4, 0.5) is 8.78 Å². The van der Waals surface area contributed by atoms with Gasteiger partial charge in [-0.15, -0.1) is 0 Å². The molecule has 1 aliphatic rings. The molecule has 1 aromatic rings. The van der Waals surface area contributed by atoms with Gasteiger partial charge in [-0.3, -0.25) is 9.59 Å². The van der Waals surface area contributed by atoms with Crippen molar-refractivity contribution in [3.05, 3.63) is 35.4 Å². The lowest BCUT2D eigenvalue weighted by atomic mass is 9.97. The number of rotatable bonds is 2. The topological polar surface area (TPSA) is 46.6 Å². The maximum atomic E-state index is 13.6. The Morgan fingerprint density at radius 3 is 2.55 bits per heavy atom. The number of piperidine rings is 1. The molecule has 20 heavy (non-hydrogen) atoms. The van der Waals surface area contributed by atoms with Gasteiger partial charge in [0.25, 0.3) is 5.91 Å². The van der Waals surface area contributed by atoms with Gasteiger partial charge in [-0.05, 0) is 25.0 Å². The van der Waals surface area contributed by atoms with E-state index in [1.54, 1.807) is 0 Å². The fourth-order valence-electron chi connectivity index (χ4n) is 2.38. The Labute approximate surface area is 115 Å². The summed E-state index contributed by atoms with van der Waals surface area (Å²) in [5, 5.41) is 0. The van der Waals surface area contributed by atoms with E-state index in [2.05, 4.69) is 4.74 Å². The lowest BCUT2D eigenvalue weighted by molar-refractivity contribution is -0.146. The minimum Gasteiger partial charge on any atom is -0.469 e. The summed E-state index contributed by atoms with van der Waals surface area (Å²) in [4.78, 5) is 25.0. The number of methoxy groups -OCH3 is 1. The normalized spacial score (nSPS) is 18.8. The zero-order valence-electron chi connectivity index (χ0n) is 11.1. The fraction of sp³-hybridized carbons (Fsp3) is 0.429. The summed E-state index contributed by atoms with van der Waals surface area (Å²) < 4.78 is 31.8. The highest BCUT2D eigenvalue weighted by Gasteiger charge is 2.31. The second kappa shape index (κ2) is 5.98. The number of carbonyl (C=O) groups excluding carboxylic acids is 2. The average Bonchev–Trinajstić information content (AvgIpc) is 2.46. The molecule has 108 valence electrons. The molecule has 0 N–H and O–H groups in total. The van der Waals surface area contributed by atoms with Crippen LogP contribution < -0.4 is 0 Å². The predicted molar refractivity (Wildman–Crippen MR) is 67.0 cm³/mol. The van der Waals surface area contributed by atoms with Crippen LogP contribution in [0.1, 0.15) is 23.2 Å². The number of halogens is 2. The van der Waals surface area contributed by atoms with Crippen molar-refractivity contribution >= 4 is 11.9 Å². The van der Waals surface area contributed by atoms with Gasteiger partial charge < -0.3 is 9.64 Å². The number of hydrogen-bond donors (Lipinski definition) is 0. The fourth-order valence-corrected chi connectivity index (χ4v) is 2.38. The molecular weight excluding hydrogens is 268 g/mol. The average molecular weight is 283 g/mol. The zero-order valence-corrected chi connectivity index (χ0v) is 11.1. The number of amides is 1. The van der Waals surface area contributed by atoms with Crippen LogP contribution in [0.5, 0.6) is 0 Å². The molecule has 1 heterocycles. The molecule has 1 aliphatic heterocycles. The third-order valence-electron chi connectivity index (χ3n) is 3.42. The van der Waals surface area contributed by atoms with Gasteiger partial charge in [-0.25, -0.2) is 8.78 Å². The van der Waals surface area contributed by atoms with Crippen molar-refractivity contribution in [2.24, 2.45) is 5.92 Å². The predicted octanol–water partition coefficient (Wildman–Crippen LogP) is 1.99. The Morgan fingerprint density at radius 1 is 1.30 bits per heavy atom. The van der Waals surface area contributed by atoms with E-state index in [4.69, 9.17) is 0 Å². The van der Waals surface area contributed by atoms with E-state index in [9.17, 15) is 18.4 Å². The quantitative estimate of drug-likeness (QED) is 0.780. The molecule has 0 aliphatic carbocycles. The molecule has 0 bridgehead atoms. The van der Waals surface area contributed by atoms with Crippen molar-refractivity contribution in [1.82, 2.24) is 4.90 Å². The number of carbonyl (C=O) groups is 2. The van der Waals surface area contributed by atoms with E-state index in [1.165, 1.54) is 18.1 Å². The third-order valence-corrected chi connectivity index (χ3v) is 3.42. The summed E-state index contributed by atoms with van der Waals surface area (Å²) in [5.74, 6) is -3.36. The van der Waals surface area contributed by atoms with Crippen LogP contribution in [0.15, 0.2) is 18.2 Å². The summed E-state index contributed by atoms with van der Waals surface area (Å²) in [6.45, 7) is 0.499. The van der Waals surface area contributed by atoms with Crippen molar-refractivity contribution in [3.8, 4) is 0 Å². The van der Waals surface area contributed by atoms with Crippen molar-refractivity contribution in [2.75, 3.05) is 20.2 Å². The minimum atomic E-state index is -0.893. The maximum Gasteiger partial charge on any atom is 0.310 e. The van der Waals surface area contributed by atoms with Gasteiger partial charge in [0.2, 0.25) is 0 Å². The van der Waals surface area contributed by atoms with E-state index in [0.717, 1.165) is 12.1 Å². The first-order valence-corrected chi connectivity index (χ1v) is 6.35. The van der Waals surface area contributed by atoms with Crippen molar-refractivity contribution in [2.45, 2.75) is 12.8 Å². The van der Waals surface area contributed by atoms with Crippen LogP contribution in [0.2, 0.25) is 0 Å². The lowest BCUT2D eigenvalue weighted by Crippen LogP contribution is -2.43. The van der Waals surface area contributed by atoms with Crippen LogP contribution in [-0.4, -0.2) is 37.0 Å². The van der Waals surface area contributed by atoms with E-state index in [1.807, 2.05) is 0 Å². The molecule has 6 heteroatoms. The van der Waals surface area contributed by atoms with Gasteiger partial charge in [-0.2, -0.15) is 0 Å². The van der Waals surface area contributed by atoms with Gasteiger partial charge >= 0.3 is 5.97 Å². The SMILES string of the molecule is COC(=O)[C@H]1CCCN(C(=O)c2c(F)cccc2F)C1. The van der Waals surface area contributed by atoms with Crippen LogP contribution in [0.3, 0.4) is 0 Å². The molecule has 0 radical (unpaired) electrons. The Balaban J connectivity index is 2.19. The molecule has 0 aromatic heterocycles. The first-order valence-electron chi connectivity index (χ1n) is 6.35. The van der Waals surface area contributed by atoms with Gasteiger partial charge in [0.15, 0.2) is 0 Å². The van der Waals surface area contributed by atoms with Gasteiger partial charge in [-0.1, -0.05) is 6.07 Å². The van der Waals surface area contributed by atoms with Gasteiger partial charge in [0.05, 0.1) is 13.0 Å². The highest BCUT2D eigenvalue weighted by Crippen LogP contribution is 2.22. The first kappa shape index (κ1) is 14.4. The summed E-state index contributed by atoms with van der Waals surface area (Å²) in [7, 11) is 1.28. The Morgan fingerprint density at radius 2 is 1.95 bits per heavy atom. The van der Waals surface area contributed by atoms with Crippen molar-refractivity contribution < 1.29 is 23.1 Å². The summed E-state index contributed by atoms with van der Waals surface area (Å²) in [6.07, 6.45) is 1.21. The Hall–Kier alpha value is -1.98. The largest absolute Gasteiger partial charge is 0.469 e. The van der Waals surface area contributed by atoms with Gasteiger partial charge in [0.1, 0.15) is 17.2 Å². The Bertz CT molecular complexity index is 513. The molecule has 0 unspecified atom stereocenters. The van der Waals surface area contributed by atoms with Crippen LogP contribution in [-0.2, 0) is 9.53 Å². The molecular formula is C14H15F2NO3. The minimum absolute atomic E-state index is 0.124. The molecule has 1 amide bonds. The second-order valence-electron chi connectivity index (χ2n) is 4.71. The zero-order chi connectivity index (χ0) is 14.7. The second-order valence-corrected chi connectivity index (χ2v) is 4.71. The third kappa shape index (κ3) is 2.79. The summed E-state index contributed by atoms with van der Waals surface area (Å²) in [5.41, 5.74) is -0.571. The maximum absolute atomic E-state index is 13.6. The number of hydrogen-bond acceptors (Lipinski definition) is 3. The molecule has 2 rings (SSSR count). The number of nitrogens with zero attached hydrogens (tertiary/aromatic N) is 1. The summed E-state index contributed by atoms with van der Waals surface area (Å²) >= 11 is 0. The summed E-state index contributed by atoms with van der Waals surface area (Å²) in [6, 6.07) is 3.28. The number of benzene rings is 1. The standard InChI is InChI=1S/C14H15F2NO3/c1-20-14(19)9-4-3-7-17(8-9)13(18)12-10(15)5-2-6-11(12)16/h2,5-6,9H,3-4,7-8H2,1H3/t9-/m0/s1. The van der Waals surface area contributed by atoms with Crippen molar-refractivity contribution in [3.63, 3.8) is 0 Å². The van der Waals surface area contributed by atoms with E-state index >= 15 is 0 Å². The van der Waals surface area contributed by atoms with E-state index in [0.29, 0.717) is 19.4 Å². The van der Waals surface area contributed by atoms with Gasteiger partial charge in [0, 0.05) is 13.1 Å². The molecule has 1 aromatic carbocycles. The lowest BCUT2D eigenvalue weighted by Gasteiger charge is -2.31. The monoisotopic (exact) mass is 283 g/mol. The number of ether oxygens (including phenoxy) is 1. The molecule has 4 nitrogen and oxygen atoms in total. The molecule has 0 saturated carbocycles. The number of likely N-dealkylation sites (tertiary alicyclic amines) is 1. The van der Waals surface area contributed by atoms with Crippen LogP contribution >= 0.6 is 0 Å².